The van der Waals surface area contributed by atoms with E-state index in [1.165, 1.54) is 36.4 Å². The summed E-state index contributed by atoms with van der Waals surface area (Å²) in [6, 6.07) is 18.2. The number of rotatable bonds is 12. The van der Waals surface area contributed by atoms with E-state index in [1.54, 1.807) is 37.3 Å². The lowest BCUT2D eigenvalue weighted by molar-refractivity contribution is -0.145. The molecule has 1 heterocycles. The van der Waals surface area contributed by atoms with Crippen molar-refractivity contribution >= 4 is 37.8 Å². The molecule has 2 amide bonds. The maximum absolute atomic E-state index is 15.5. The molecule has 0 radical (unpaired) electrons. The molecule has 3 N–H and O–H groups in total. The van der Waals surface area contributed by atoms with Crippen LogP contribution in [0, 0.1) is 11.7 Å². The van der Waals surface area contributed by atoms with Gasteiger partial charge in [0.1, 0.15) is 11.6 Å². The molecule has 4 rings (SSSR count). The largest absolute Gasteiger partial charge is 0.444 e. The highest BCUT2D eigenvalue weighted by Gasteiger charge is 2.37. The van der Waals surface area contributed by atoms with E-state index in [1.807, 2.05) is 0 Å². The Labute approximate surface area is 262 Å². The highest BCUT2D eigenvalue weighted by molar-refractivity contribution is 7.39. The molecule has 0 unspecified atom stereocenters. The second-order valence-electron chi connectivity index (χ2n) is 10.2. The Bertz CT molecular complexity index is 1570. The van der Waals surface area contributed by atoms with E-state index < -0.39 is 70.0 Å². The molecule has 0 aromatic heterocycles. The fraction of sp³-hybridized carbons (Fsp3) is 0.290. The summed E-state index contributed by atoms with van der Waals surface area (Å²) < 4.78 is 64.4. The molecular formula is C31H30F4N3O7P. The first-order valence-corrected chi connectivity index (χ1v) is 15.2. The Kier molecular flexibility index (Phi) is 11.4. The fourth-order valence-electron chi connectivity index (χ4n) is 4.77. The number of fused-ring (bicyclic) bond motifs is 1. The van der Waals surface area contributed by atoms with Crippen LogP contribution in [0.3, 0.4) is 0 Å². The number of carbonyl (C=O) groups excluding carboxylic acids is 3. The van der Waals surface area contributed by atoms with Gasteiger partial charge < -0.3 is 24.4 Å². The lowest BCUT2D eigenvalue weighted by Gasteiger charge is -2.26. The third-order valence-electron chi connectivity index (χ3n) is 7.05. The van der Waals surface area contributed by atoms with Crippen LogP contribution in [-0.2, 0) is 25.5 Å². The summed E-state index contributed by atoms with van der Waals surface area (Å²) in [7, 11) is -2.63. The zero-order valence-electron chi connectivity index (χ0n) is 24.4. The molecule has 0 bridgehead atoms. The summed E-state index contributed by atoms with van der Waals surface area (Å²) in [4.78, 5) is 63.1. The molecule has 0 saturated carbocycles. The topological polar surface area (TPSA) is 138 Å². The zero-order chi connectivity index (χ0) is 33.4. The number of anilines is 1. The quantitative estimate of drug-likeness (QED) is 0.138. The van der Waals surface area contributed by atoms with Crippen LogP contribution in [0.2, 0.25) is 0 Å². The lowest BCUT2D eigenvalue weighted by Crippen LogP contribution is -2.50. The number of ether oxygens (including phenoxy) is 1. The van der Waals surface area contributed by atoms with Gasteiger partial charge in [-0.15, -0.1) is 0 Å². The summed E-state index contributed by atoms with van der Waals surface area (Å²) in [6.45, 7) is 0.768. The summed E-state index contributed by atoms with van der Waals surface area (Å²) in [5.41, 5.74) is 0.930. The number of para-hydroxylation sites is 1. The van der Waals surface area contributed by atoms with Crippen LogP contribution >= 0.6 is 8.60 Å². The molecule has 0 aliphatic carbocycles. The highest BCUT2D eigenvalue weighted by atomic mass is 31.2. The molecule has 10 nitrogen and oxygen atoms in total. The smallest absolute Gasteiger partial charge is 0.391 e. The van der Waals surface area contributed by atoms with Gasteiger partial charge in [0, 0.05) is 23.5 Å². The van der Waals surface area contributed by atoms with Gasteiger partial charge in [0.15, 0.2) is 6.73 Å². The SMILES string of the molecule is CC[C@@H](CCC(F)(F)F)C(=O)N[C@H]1N=C(c2ccccc2)c2cccc(F)c2N(COC(=O)Cc2ccc(OP(O)O)cc2)C1=O. The molecule has 0 fully saturated rings. The van der Waals surface area contributed by atoms with Gasteiger partial charge in [0.2, 0.25) is 12.1 Å². The number of nitrogens with zero attached hydrogens (tertiary/aromatic N) is 2. The molecule has 1 aliphatic heterocycles. The van der Waals surface area contributed by atoms with Crippen molar-refractivity contribution in [3.63, 3.8) is 0 Å². The van der Waals surface area contributed by atoms with Crippen molar-refractivity contribution in [2.45, 2.75) is 44.9 Å². The number of benzodiazepines with no additional fused rings is 1. The molecule has 2 atom stereocenters. The Hall–Kier alpha value is -4.39. The molecule has 3 aromatic rings. The first-order chi connectivity index (χ1) is 21.9. The van der Waals surface area contributed by atoms with Crippen molar-refractivity contribution in [3.05, 3.63) is 95.3 Å². The Morgan fingerprint density at radius 1 is 1.04 bits per heavy atom. The van der Waals surface area contributed by atoms with Crippen molar-refractivity contribution in [1.29, 1.82) is 0 Å². The Morgan fingerprint density at radius 3 is 2.37 bits per heavy atom. The van der Waals surface area contributed by atoms with Gasteiger partial charge in [-0.3, -0.25) is 19.3 Å². The van der Waals surface area contributed by atoms with E-state index in [4.69, 9.17) is 19.0 Å². The van der Waals surface area contributed by atoms with Gasteiger partial charge in [-0.2, -0.15) is 13.2 Å². The average Bonchev–Trinajstić information content (AvgIpc) is 3.12. The van der Waals surface area contributed by atoms with Crippen molar-refractivity contribution in [2.75, 3.05) is 11.6 Å². The number of hydrogen-bond acceptors (Lipinski definition) is 8. The Morgan fingerprint density at radius 2 is 1.74 bits per heavy atom. The van der Waals surface area contributed by atoms with Gasteiger partial charge >= 0.3 is 20.7 Å². The average molecular weight is 664 g/mol. The summed E-state index contributed by atoms with van der Waals surface area (Å²) >= 11 is 0. The van der Waals surface area contributed by atoms with Crippen LogP contribution in [0.15, 0.2) is 77.8 Å². The van der Waals surface area contributed by atoms with Crippen LogP contribution in [0.5, 0.6) is 5.75 Å². The number of hydrogen-bond donors (Lipinski definition) is 3. The first-order valence-electron chi connectivity index (χ1n) is 14.1. The van der Waals surface area contributed by atoms with Crippen molar-refractivity contribution in [1.82, 2.24) is 5.32 Å². The second-order valence-corrected chi connectivity index (χ2v) is 10.9. The van der Waals surface area contributed by atoms with E-state index >= 15 is 4.39 Å². The van der Waals surface area contributed by atoms with Crippen LogP contribution in [0.25, 0.3) is 0 Å². The van der Waals surface area contributed by atoms with E-state index in [9.17, 15) is 27.6 Å². The molecule has 1 aliphatic rings. The maximum atomic E-state index is 15.5. The molecule has 3 aromatic carbocycles. The van der Waals surface area contributed by atoms with E-state index in [2.05, 4.69) is 10.3 Å². The van der Waals surface area contributed by atoms with Gasteiger partial charge in [0.05, 0.1) is 17.8 Å². The number of alkyl halides is 3. The maximum Gasteiger partial charge on any atom is 0.391 e. The molecule has 46 heavy (non-hydrogen) atoms. The standard InChI is InChI=1S/C31H30F4N3O7P/c1-2-20(15-16-31(33,34)35)29(40)37-28-30(41)38(18-44-25(39)17-19-11-13-22(14-12-19)45-46(42)43)27-23(9-6-10-24(27)32)26(36-28)21-7-4-3-5-8-21/h3-14,20,28,42-43H,2,15-18H2,1H3,(H,37,40)/t20-,28+/m0/s1. The zero-order valence-corrected chi connectivity index (χ0v) is 25.3. The molecule has 0 saturated heterocycles. The predicted molar refractivity (Wildman–Crippen MR) is 160 cm³/mol. The minimum Gasteiger partial charge on any atom is -0.444 e. The van der Waals surface area contributed by atoms with Crippen LogP contribution in [0.1, 0.15) is 42.9 Å². The van der Waals surface area contributed by atoms with E-state index in [0.717, 1.165) is 11.0 Å². The van der Waals surface area contributed by atoms with E-state index in [-0.39, 0.29) is 35.6 Å². The van der Waals surface area contributed by atoms with Crippen LogP contribution in [0.4, 0.5) is 23.2 Å². The van der Waals surface area contributed by atoms with Crippen LogP contribution in [-0.4, -0.2) is 52.4 Å². The molecule has 244 valence electrons. The summed E-state index contributed by atoms with van der Waals surface area (Å²) in [5.74, 6) is -4.41. The lowest BCUT2D eigenvalue weighted by atomic mass is 9.99. The minimum atomic E-state index is -4.48. The van der Waals surface area contributed by atoms with Crippen molar-refractivity contribution in [2.24, 2.45) is 10.9 Å². The van der Waals surface area contributed by atoms with Gasteiger partial charge in [-0.1, -0.05) is 61.5 Å². The number of benzene rings is 3. The number of amides is 2. The molecular weight excluding hydrogens is 633 g/mol. The third kappa shape index (κ3) is 9.09. The minimum absolute atomic E-state index is 0.0584. The number of carbonyl (C=O) groups is 3. The third-order valence-corrected chi connectivity index (χ3v) is 7.42. The Balaban J connectivity index is 1.63. The van der Waals surface area contributed by atoms with Crippen molar-refractivity contribution < 1.29 is 51.0 Å². The predicted octanol–water partition coefficient (Wildman–Crippen LogP) is 5.15. The number of aliphatic imine (C=N–C) groups is 1. The summed E-state index contributed by atoms with van der Waals surface area (Å²) in [5, 5.41) is 2.43. The number of nitrogens with one attached hydrogen (secondary N) is 1. The second kappa shape index (κ2) is 15.3. The van der Waals surface area contributed by atoms with Gasteiger partial charge in [0.25, 0.3) is 5.91 Å². The monoisotopic (exact) mass is 663 g/mol. The number of esters is 1. The van der Waals surface area contributed by atoms with Crippen molar-refractivity contribution in [3.8, 4) is 5.75 Å². The fourth-order valence-corrected chi connectivity index (χ4v) is 5.08. The van der Waals surface area contributed by atoms with Gasteiger partial charge in [-0.05, 0) is 36.6 Å². The highest BCUT2D eigenvalue weighted by Crippen LogP contribution is 2.32. The van der Waals surface area contributed by atoms with Gasteiger partial charge in [-0.25, -0.2) is 9.38 Å². The first kappa shape index (κ1) is 34.5. The summed E-state index contributed by atoms with van der Waals surface area (Å²) in [6.07, 6.45) is -8.10. The molecule has 0 spiro atoms. The van der Waals surface area contributed by atoms with Crippen LogP contribution < -0.4 is 14.7 Å². The number of halogens is 4. The normalized spacial score (nSPS) is 15.5. The van der Waals surface area contributed by atoms with E-state index in [0.29, 0.717) is 11.1 Å². The molecule has 15 heteroatoms.